The normalized spacial score (nSPS) is 20.7. The summed E-state index contributed by atoms with van der Waals surface area (Å²) in [6.45, 7) is 1.78. The molecule has 2 rings (SSSR count). The van der Waals surface area contributed by atoms with Gasteiger partial charge in [-0.1, -0.05) is 41.4 Å². The van der Waals surface area contributed by atoms with Crippen molar-refractivity contribution in [2.75, 3.05) is 13.2 Å². The Balaban J connectivity index is 2.23. The van der Waals surface area contributed by atoms with Gasteiger partial charge in [0.1, 0.15) is 19.0 Å². The Morgan fingerprint density at radius 1 is 1.38 bits per heavy atom. The van der Waals surface area contributed by atoms with Gasteiger partial charge in [-0.2, -0.15) is 0 Å². The molecule has 2 nitrogen and oxygen atoms in total. The van der Waals surface area contributed by atoms with Crippen molar-refractivity contribution in [1.29, 1.82) is 0 Å². The van der Waals surface area contributed by atoms with E-state index in [1.54, 1.807) is 5.06 Å². The first-order valence-electron chi connectivity index (χ1n) is 5.14. The first kappa shape index (κ1) is 11.4. The van der Waals surface area contributed by atoms with Crippen LogP contribution in [0.4, 0.5) is 4.39 Å². The van der Waals surface area contributed by atoms with Gasteiger partial charge in [0.2, 0.25) is 0 Å². The molecule has 0 bridgehead atoms. The van der Waals surface area contributed by atoms with Crippen molar-refractivity contribution in [3.63, 3.8) is 0 Å². The number of aryl methyl sites for hydroxylation is 1. The molecule has 1 aliphatic heterocycles. The molecule has 0 fully saturated rings. The van der Waals surface area contributed by atoms with Crippen LogP contribution < -0.4 is 0 Å². The fourth-order valence-electron chi connectivity index (χ4n) is 1.72. The van der Waals surface area contributed by atoms with Gasteiger partial charge in [-0.15, -0.1) is 5.06 Å². The van der Waals surface area contributed by atoms with Gasteiger partial charge in [0.05, 0.1) is 11.6 Å². The average molecular weight is 242 g/mol. The second-order valence-electron chi connectivity index (χ2n) is 3.75. The standard InChI is InChI=1S/C12H13ClFNO/c1-9-2-4-10(5-3-9)12-11(13)8-16-15(12)7-6-14/h2-5,8,12H,6-7H2,1H3. The summed E-state index contributed by atoms with van der Waals surface area (Å²) in [4.78, 5) is 5.20. The van der Waals surface area contributed by atoms with Gasteiger partial charge < -0.3 is 4.84 Å². The molecule has 0 saturated heterocycles. The fraction of sp³-hybridized carbons (Fsp3) is 0.333. The number of halogens is 2. The third-order valence-corrected chi connectivity index (χ3v) is 2.84. The summed E-state index contributed by atoms with van der Waals surface area (Å²) in [6.07, 6.45) is 1.46. The van der Waals surface area contributed by atoms with Crippen molar-refractivity contribution in [1.82, 2.24) is 5.06 Å². The minimum absolute atomic E-state index is 0.182. The smallest absolute Gasteiger partial charge is 0.128 e. The summed E-state index contributed by atoms with van der Waals surface area (Å²) < 4.78 is 12.3. The quantitative estimate of drug-likeness (QED) is 0.805. The SMILES string of the molecule is Cc1ccc(C2C(Cl)=CON2CCF)cc1. The summed E-state index contributed by atoms with van der Waals surface area (Å²) in [6, 6.07) is 7.79. The number of hydrogen-bond acceptors (Lipinski definition) is 2. The molecular weight excluding hydrogens is 229 g/mol. The lowest BCUT2D eigenvalue weighted by molar-refractivity contribution is -0.108. The van der Waals surface area contributed by atoms with Crippen LogP contribution >= 0.6 is 11.6 Å². The van der Waals surface area contributed by atoms with Crippen molar-refractivity contribution in [2.24, 2.45) is 0 Å². The molecule has 86 valence electrons. The minimum Gasteiger partial charge on any atom is -0.411 e. The maximum absolute atomic E-state index is 12.3. The Kier molecular flexibility index (Phi) is 3.46. The van der Waals surface area contributed by atoms with E-state index in [1.807, 2.05) is 31.2 Å². The van der Waals surface area contributed by atoms with Crippen LogP contribution in [0.2, 0.25) is 0 Å². The van der Waals surface area contributed by atoms with E-state index >= 15 is 0 Å². The predicted molar refractivity (Wildman–Crippen MR) is 61.6 cm³/mol. The van der Waals surface area contributed by atoms with E-state index in [9.17, 15) is 4.39 Å². The molecular formula is C12H13ClFNO. The van der Waals surface area contributed by atoms with Crippen LogP contribution in [0.3, 0.4) is 0 Å². The minimum atomic E-state index is -0.458. The fourth-order valence-corrected chi connectivity index (χ4v) is 1.99. The molecule has 1 unspecified atom stereocenters. The van der Waals surface area contributed by atoms with E-state index in [0.717, 1.165) is 5.56 Å². The Morgan fingerprint density at radius 2 is 2.06 bits per heavy atom. The lowest BCUT2D eigenvalue weighted by atomic mass is 10.1. The van der Waals surface area contributed by atoms with E-state index < -0.39 is 6.67 Å². The Labute approximate surface area is 99.2 Å². The third kappa shape index (κ3) is 2.20. The molecule has 0 amide bonds. The molecule has 0 aliphatic carbocycles. The first-order valence-corrected chi connectivity index (χ1v) is 5.51. The molecule has 16 heavy (non-hydrogen) atoms. The largest absolute Gasteiger partial charge is 0.411 e. The van der Waals surface area contributed by atoms with Crippen LogP contribution in [0.15, 0.2) is 35.6 Å². The van der Waals surface area contributed by atoms with Crippen LogP contribution in [0.5, 0.6) is 0 Å². The van der Waals surface area contributed by atoms with E-state index in [4.69, 9.17) is 16.4 Å². The maximum atomic E-state index is 12.3. The molecule has 1 heterocycles. The maximum Gasteiger partial charge on any atom is 0.128 e. The predicted octanol–water partition coefficient (Wildman–Crippen LogP) is 3.33. The van der Waals surface area contributed by atoms with E-state index in [0.29, 0.717) is 5.03 Å². The molecule has 0 aromatic heterocycles. The van der Waals surface area contributed by atoms with Crippen LogP contribution in [-0.2, 0) is 4.84 Å². The molecule has 1 aromatic carbocycles. The van der Waals surface area contributed by atoms with Crippen molar-refractivity contribution in [3.05, 3.63) is 46.7 Å². The lowest BCUT2D eigenvalue weighted by Gasteiger charge is -2.22. The number of benzene rings is 1. The summed E-state index contributed by atoms with van der Waals surface area (Å²) in [5.74, 6) is 0. The van der Waals surface area contributed by atoms with Gasteiger partial charge in [-0.25, -0.2) is 4.39 Å². The number of hydrogen-bond donors (Lipinski definition) is 0. The Hall–Kier alpha value is -1.06. The Morgan fingerprint density at radius 3 is 2.69 bits per heavy atom. The van der Waals surface area contributed by atoms with Crippen molar-refractivity contribution in [2.45, 2.75) is 13.0 Å². The number of nitrogens with zero attached hydrogens (tertiary/aromatic N) is 1. The highest BCUT2D eigenvalue weighted by Crippen LogP contribution is 2.36. The molecule has 1 atom stereocenters. The van der Waals surface area contributed by atoms with Crippen LogP contribution in [-0.4, -0.2) is 18.3 Å². The highest BCUT2D eigenvalue weighted by atomic mass is 35.5. The number of hydroxylamine groups is 2. The van der Waals surface area contributed by atoms with E-state index in [-0.39, 0.29) is 12.6 Å². The second-order valence-corrected chi connectivity index (χ2v) is 4.19. The third-order valence-electron chi connectivity index (χ3n) is 2.55. The molecule has 1 aliphatic rings. The van der Waals surface area contributed by atoms with Crippen LogP contribution in [0.1, 0.15) is 17.2 Å². The van der Waals surface area contributed by atoms with Gasteiger partial charge in [0.15, 0.2) is 0 Å². The van der Waals surface area contributed by atoms with Gasteiger partial charge in [0.25, 0.3) is 0 Å². The Bertz CT molecular complexity index is 391. The van der Waals surface area contributed by atoms with Crippen molar-refractivity contribution >= 4 is 11.6 Å². The molecule has 1 aromatic rings. The average Bonchev–Trinajstić information content (AvgIpc) is 2.62. The molecule has 0 N–H and O–H groups in total. The topological polar surface area (TPSA) is 12.5 Å². The number of alkyl halides is 1. The molecule has 0 saturated carbocycles. The monoisotopic (exact) mass is 241 g/mol. The van der Waals surface area contributed by atoms with Crippen LogP contribution in [0.25, 0.3) is 0 Å². The zero-order valence-corrected chi connectivity index (χ0v) is 9.75. The summed E-state index contributed by atoms with van der Waals surface area (Å²) in [5, 5.41) is 2.13. The highest BCUT2D eigenvalue weighted by molar-refractivity contribution is 6.30. The summed E-state index contributed by atoms with van der Waals surface area (Å²) >= 11 is 6.06. The molecule has 0 radical (unpaired) electrons. The van der Waals surface area contributed by atoms with Gasteiger partial charge in [-0.05, 0) is 12.5 Å². The first-order chi connectivity index (χ1) is 7.72. The zero-order valence-electron chi connectivity index (χ0n) is 8.99. The van der Waals surface area contributed by atoms with E-state index in [1.165, 1.54) is 11.8 Å². The number of rotatable bonds is 3. The van der Waals surface area contributed by atoms with E-state index in [2.05, 4.69) is 0 Å². The summed E-state index contributed by atoms with van der Waals surface area (Å²) in [5.41, 5.74) is 2.19. The lowest BCUT2D eigenvalue weighted by Crippen LogP contribution is -2.25. The van der Waals surface area contributed by atoms with Gasteiger partial charge >= 0.3 is 0 Å². The van der Waals surface area contributed by atoms with Crippen molar-refractivity contribution < 1.29 is 9.23 Å². The molecule has 0 spiro atoms. The highest BCUT2D eigenvalue weighted by Gasteiger charge is 2.29. The van der Waals surface area contributed by atoms with Crippen LogP contribution in [0, 0.1) is 6.92 Å². The van der Waals surface area contributed by atoms with Gasteiger partial charge in [0, 0.05) is 0 Å². The van der Waals surface area contributed by atoms with Gasteiger partial charge in [-0.3, -0.25) is 0 Å². The second kappa shape index (κ2) is 4.85. The molecule has 4 heteroatoms. The summed E-state index contributed by atoms with van der Waals surface area (Å²) in [7, 11) is 0. The van der Waals surface area contributed by atoms with Crippen molar-refractivity contribution in [3.8, 4) is 0 Å². The zero-order chi connectivity index (χ0) is 11.5.